The number of hydrogen-bond donors (Lipinski definition) is 1. The fourth-order valence-electron chi connectivity index (χ4n) is 4.78. The third-order valence-corrected chi connectivity index (χ3v) is 6.70. The van der Waals surface area contributed by atoms with Gasteiger partial charge in [0.1, 0.15) is 11.6 Å². The van der Waals surface area contributed by atoms with E-state index in [1.54, 1.807) is 48.4 Å². The summed E-state index contributed by atoms with van der Waals surface area (Å²) in [6, 6.07) is 16.1. The van der Waals surface area contributed by atoms with Crippen LogP contribution in [0.3, 0.4) is 0 Å². The Kier molecular flexibility index (Phi) is 8.35. The van der Waals surface area contributed by atoms with Gasteiger partial charge >= 0.3 is 0 Å². The number of anilines is 1. The zero-order valence-corrected chi connectivity index (χ0v) is 21.8. The first-order valence-corrected chi connectivity index (χ1v) is 12.2. The quantitative estimate of drug-likeness (QED) is 0.440. The molecule has 1 heterocycles. The number of halogens is 1. The van der Waals surface area contributed by atoms with Gasteiger partial charge in [0.05, 0.1) is 46.1 Å². The molecule has 2 amide bonds. The number of nitrogens with zero attached hydrogens (tertiary/aromatic N) is 1. The van der Waals surface area contributed by atoms with Gasteiger partial charge in [-0.05, 0) is 41.8 Å². The van der Waals surface area contributed by atoms with E-state index in [1.807, 2.05) is 12.1 Å². The van der Waals surface area contributed by atoms with Crippen molar-refractivity contribution in [3.8, 4) is 23.0 Å². The molecule has 4 rings (SSSR count). The highest BCUT2D eigenvalue weighted by atomic mass is 19.1. The molecule has 1 N–H and O–H groups in total. The van der Waals surface area contributed by atoms with Crippen LogP contribution in [-0.4, -0.2) is 40.3 Å². The molecule has 1 aliphatic heterocycles. The van der Waals surface area contributed by atoms with Crippen molar-refractivity contribution < 1.29 is 32.9 Å². The number of nitrogens with one attached hydrogen (secondary N) is 1. The molecule has 2 atom stereocenters. The van der Waals surface area contributed by atoms with E-state index in [2.05, 4.69) is 5.32 Å². The maximum Gasteiger partial charge on any atom is 0.227 e. The van der Waals surface area contributed by atoms with Gasteiger partial charge in [-0.2, -0.15) is 0 Å². The first-order valence-electron chi connectivity index (χ1n) is 12.2. The Hall–Kier alpha value is -4.27. The minimum absolute atomic E-state index is 0.136. The van der Waals surface area contributed by atoms with Crippen LogP contribution in [0, 0.1) is 11.7 Å². The minimum atomic E-state index is -0.613. The molecule has 0 spiro atoms. The van der Waals surface area contributed by atoms with Crippen LogP contribution in [0.1, 0.15) is 30.0 Å². The lowest BCUT2D eigenvalue weighted by Gasteiger charge is -2.41. The normalized spacial score (nSPS) is 17.1. The first-order chi connectivity index (χ1) is 18.4. The van der Waals surface area contributed by atoms with E-state index in [1.165, 1.54) is 33.5 Å². The molecule has 8 nitrogen and oxygen atoms in total. The van der Waals surface area contributed by atoms with Crippen LogP contribution in [0.25, 0.3) is 0 Å². The number of rotatable bonds is 9. The Morgan fingerprint density at radius 1 is 0.921 bits per heavy atom. The van der Waals surface area contributed by atoms with Crippen molar-refractivity contribution in [3.05, 3.63) is 77.6 Å². The number of hydrogen-bond acceptors (Lipinski definition) is 6. The molecule has 0 saturated carbocycles. The number of benzene rings is 3. The number of piperidine rings is 1. The van der Waals surface area contributed by atoms with Crippen LogP contribution in [0.5, 0.6) is 23.0 Å². The molecule has 9 heteroatoms. The summed E-state index contributed by atoms with van der Waals surface area (Å²) in [4.78, 5) is 28.6. The topological polar surface area (TPSA) is 86.3 Å². The number of carbonyl (C=O) groups is 2. The summed E-state index contributed by atoms with van der Waals surface area (Å²) in [6.45, 7) is 0.239. The lowest BCUT2D eigenvalue weighted by atomic mass is 9.83. The Bertz CT molecular complexity index is 1250. The average Bonchev–Trinajstić information content (AvgIpc) is 2.95. The van der Waals surface area contributed by atoms with Gasteiger partial charge in [-0.25, -0.2) is 4.39 Å². The number of amides is 2. The molecule has 200 valence electrons. The molecule has 38 heavy (non-hydrogen) atoms. The lowest BCUT2D eigenvalue weighted by Crippen LogP contribution is -2.48. The van der Waals surface area contributed by atoms with E-state index < -0.39 is 12.0 Å². The van der Waals surface area contributed by atoms with Crippen molar-refractivity contribution in [3.63, 3.8) is 0 Å². The van der Waals surface area contributed by atoms with E-state index in [0.29, 0.717) is 35.1 Å². The van der Waals surface area contributed by atoms with Gasteiger partial charge < -0.3 is 29.2 Å². The van der Waals surface area contributed by atoms with E-state index in [0.717, 1.165) is 11.1 Å². The highest BCUT2D eigenvalue weighted by Gasteiger charge is 2.42. The molecule has 0 unspecified atom stereocenters. The van der Waals surface area contributed by atoms with Crippen molar-refractivity contribution in [2.24, 2.45) is 5.92 Å². The Morgan fingerprint density at radius 3 is 2.11 bits per heavy atom. The van der Waals surface area contributed by atoms with Crippen molar-refractivity contribution in [2.45, 2.75) is 25.4 Å². The predicted octanol–water partition coefficient (Wildman–Crippen LogP) is 4.66. The smallest absolute Gasteiger partial charge is 0.227 e. The van der Waals surface area contributed by atoms with Crippen LogP contribution >= 0.6 is 0 Å². The lowest BCUT2D eigenvalue weighted by molar-refractivity contribution is -0.129. The van der Waals surface area contributed by atoms with E-state index in [-0.39, 0.29) is 30.6 Å². The van der Waals surface area contributed by atoms with Gasteiger partial charge in [-0.3, -0.25) is 9.59 Å². The second kappa shape index (κ2) is 11.9. The summed E-state index contributed by atoms with van der Waals surface area (Å²) < 4.78 is 35.1. The Morgan fingerprint density at radius 2 is 1.55 bits per heavy atom. The van der Waals surface area contributed by atoms with Gasteiger partial charge in [0.15, 0.2) is 11.5 Å². The van der Waals surface area contributed by atoms with E-state index in [9.17, 15) is 14.0 Å². The van der Waals surface area contributed by atoms with Crippen LogP contribution in [0.2, 0.25) is 0 Å². The van der Waals surface area contributed by atoms with E-state index >= 15 is 0 Å². The summed E-state index contributed by atoms with van der Waals surface area (Å²) in [6.07, 6.45) is 0.545. The monoisotopic (exact) mass is 522 g/mol. The van der Waals surface area contributed by atoms with Crippen molar-refractivity contribution in [1.82, 2.24) is 5.32 Å². The van der Waals surface area contributed by atoms with Crippen molar-refractivity contribution in [1.29, 1.82) is 0 Å². The molecular weight excluding hydrogens is 491 g/mol. The molecule has 0 aromatic heterocycles. The molecule has 1 saturated heterocycles. The molecule has 1 fully saturated rings. The summed E-state index contributed by atoms with van der Waals surface area (Å²) in [5.74, 6) is 0.609. The molecule has 3 aromatic rings. The highest BCUT2D eigenvalue weighted by Crippen LogP contribution is 2.46. The molecule has 1 aliphatic rings. The Balaban J connectivity index is 1.75. The largest absolute Gasteiger partial charge is 0.497 e. The molecular formula is C29H31FN2O6. The van der Waals surface area contributed by atoms with Crippen molar-refractivity contribution in [2.75, 3.05) is 33.3 Å². The van der Waals surface area contributed by atoms with Gasteiger partial charge in [0.2, 0.25) is 17.6 Å². The van der Waals surface area contributed by atoms with Crippen LogP contribution < -0.4 is 29.2 Å². The third kappa shape index (κ3) is 5.51. The summed E-state index contributed by atoms with van der Waals surface area (Å²) in [7, 11) is 6.10. The molecule has 0 aliphatic carbocycles. The SMILES string of the molecule is COc1ccc([C@H]2[C@@H](C(=O)NCc3ccc(F)cc3)CCC(=O)N2c2cc(OC)c(OC)c(OC)c2)cc1. The van der Waals surface area contributed by atoms with Gasteiger partial charge in [-0.15, -0.1) is 0 Å². The van der Waals surface area contributed by atoms with Gasteiger partial charge in [0, 0.05) is 25.1 Å². The van der Waals surface area contributed by atoms with Crippen LogP contribution in [0.15, 0.2) is 60.7 Å². The Labute approximate surface area is 221 Å². The zero-order chi connectivity index (χ0) is 27.2. The maximum atomic E-state index is 13.6. The number of methoxy groups -OCH3 is 4. The molecule has 0 bridgehead atoms. The molecule has 3 aromatic carbocycles. The fraction of sp³-hybridized carbons (Fsp3) is 0.310. The number of ether oxygens (including phenoxy) is 4. The average molecular weight is 523 g/mol. The first kappa shape index (κ1) is 26.8. The summed E-state index contributed by atoms with van der Waals surface area (Å²) in [5.41, 5.74) is 2.06. The van der Waals surface area contributed by atoms with Gasteiger partial charge in [-0.1, -0.05) is 24.3 Å². The predicted molar refractivity (Wildman–Crippen MR) is 140 cm³/mol. The van der Waals surface area contributed by atoms with Crippen LogP contribution in [0.4, 0.5) is 10.1 Å². The summed E-state index contributed by atoms with van der Waals surface area (Å²) in [5, 5.41) is 2.97. The highest BCUT2D eigenvalue weighted by molar-refractivity contribution is 5.98. The number of carbonyl (C=O) groups excluding carboxylic acids is 2. The third-order valence-electron chi connectivity index (χ3n) is 6.70. The van der Waals surface area contributed by atoms with E-state index in [4.69, 9.17) is 18.9 Å². The summed E-state index contributed by atoms with van der Waals surface area (Å²) >= 11 is 0. The van der Waals surface area contributed by atoms with Crippen LogP contribution in [-0.2, 0) is 16.1 Å². The zero-order valence-electron chi connectivity index (χ0n) is 21.8. The standard InChI is InChI=1S/C29H31FN2O6/c1-35-22-11-7-19(8-12-22)27-23(29(34)31-17-18-5-9-20(30)10-6-18)13-14-26(33)32(27)21-15-24(36-2)28(38-4)25(16-21)37-3/h5-12,15-16,23,27H,13-14,17H2,1-4H3,(H,31,34)/t23-,27-/m0/s1. The minimum Gasteiger partial charge on any atom is -0.497 e. The van der Waals surface area contributed by atoms with Gasteiger partial charge in [0.25, 0.3) is 0 Å². The second-order valence-electron chi connectivity index (χ2n) is 8.85. The van der Waals surface area contributed by atoms with Crippen molar-refractivity contribution >= 4 is 17.5 Å². The molecule has 0 radical (unpaired) electrons. The second-order valence-corrected chi connectivity index (χ2v) is 8.85. The maximum absolute atomic E-state index is 13.6. The fourth-order valence-corrected chi connectivity index (χ4v) is 4.78.